The first kappa shape index (κ1) is 26.6. The summed E-state index contributed by atoms with van der Waals surface area (Å²) >= 11 is 5.99. The number of ether oxygens (including phenoxy) is 1. The molecule has 1 saturated heterocycles. The molecule has 4 rings (SSSR count). The lowest BCUT2D eigenvalue weighted by molar-refractivity contribution is 0.00546. The third-order valence-electron chi connectivity index (χ3n) is 5.96. The van der Waals surface area contributed by atoms with Crippen molar-refractivity contribution < 1.29 is 30.7 Å². The molecule has 3 aromatic carbocycles. The monoisotopic (exact) mass is 542 g/mol. The summed E-state index contributed by atoms with van der Waals surface area (Å²) in [7, 11) is -4.07. The first-order valence-electron chi connectivity index (χ1n) is 11.1. The summed E-state index contributed by atoms with van der Waals surface area (Å²) in [5, 5.41) is 0.519. The Kier molecular flexibility index (Phi) is 8.31. The molecule has 0 aromatic heterocycles. The predicted octanol–water partition coefficient (Wildman–Crippen LogP) is 5.16. The van der Waals surface area contributed by atoms with Gasteiger partial charge in [-0.2, -0.15) is 4.31 Å². The molecule has 0 aliphatic carbocycles. The van der Waals surface area contributed by atoms with Crippen molar-refractivity contribution in [3.63, 3.8) is 0 Å². The summed E-state index contributed by atoms with van der Waals surface area (Å²) in [6, 6.07) is 12.6. The maximum absolute atomic E-state index is 14.1. The van der Waals surface area contributed by atoms with Crippen molar-refractivity contribution in [2.24, 2.45) is 0 Å². The fourth-order valence-electron chi connectivity index (χ4n) is 4.00. The van der Waals surface area contributed by atoms with Crippen LogP contribution in [0.5, 0.6) is 0 Å². The van der Waals surface area contributed by atoms with Gasteiger partial charge in [0.2, 0.25) is 10.0 Å². The predicted molar refractivity (Wildman–Crippen MR) is 127 cm³/mol. The summed E-state index contributed by atoms with van der Waals surface area (Å²) in [5.41, 5.74) is 0.552. The van der Waals surface area contributed by atoms with Crippen LogP contribution in [0.3, 0.4) is 0 Å². The largest absolute Gasteiger partial charge is 0.367 e. The summed E-state index contributed by atoms with van der Waals surface area (Å²) in [5.74, 6) is -3.36. The van der Waals surface area contributed by atoms with Crippen LogP contribution in [0.15, 0.2) is 65.6 Å². The zero-order valence-electron chi connectivity index (χ0n) is 19.0. The van der Waals surface area contributed by atoms with Gasteiger partial charge in [0, 0.05) is 49.4 Å². The molecule has 5 nitrogen and oxygen atoms in total. The Morgan fingerprint density at radius 3 is 2.03 bits per heavy atom. The lowest BCUT2D eigenvalue weighted by Gasteiger charge is -2.36. The zero-order chi connectivity index (χ0) is 25.9. The van der Waals surface area contributed by atoms with Crippen molar-refractivity contribution in [1.29, 1.82) is 0 Å². The molecule has 0 bridgehead atoms. The lowest BCUT2D eigenvalue weighted by atomic mass is 10.1. The summed E-state index contributed by atoms with van der Waals surface area (Å²) < 4.78 is 88.2. The number of hydrogen-bond donors (Lipinski definition) is 0. The molecular formula is C25H23ClF4N2O3S. The van der Waals surface area contributed by atoms with Gasteiger partial charge < -0.3 is 4.74 Å². The number of sulfonamides is 1. The number of benzene rings is 3. The highest BCUT2D eigenvalue weighted by Gasteiger charge is 2.30. The van der Waals surface area contributed by atoms with Crippen molar-refractivity contribution in [2.75, 3.05) is 32.7 Å². The lowest BCUT2D eigenvalue weighted by Crippen LogP contribution is -2.49. The first-order valence-corrected chi connectivity index (χ1v) is 12.9. The van der Waals surface area contributed by atoms with Gasteiger partial charge in [0.15, 0.2) is 0 Å². The molecule has 0 radical (unpaired) electrons. The average molecular weight is 543 g/mol. The van der Waals surface area contributed by atoms with Crippen LogP contribution in [0.4, 0.5) is 17.6 Å². The molecule has 36 heavy (non-hydrogen) atoms. The fourth-order valence-corrected chi connectivity index (χ4v) is 5.59. The number of nitrogens with zero attached hydrogens (tertiary/aromatic N) is 2. The molecule has 0 spiro atoms. The third-order valence-corrected chi connectivity index (χ3v) is 8.09. The molecule has 1 aliphatic heterocycles. The van der Waals surface area contributed by atoms with Gasteiger partial charge in [0.1, 0.15) is 23.3 Å². The van der Waals surface area contributed by atoms with Gasteiger partial charge in [-0.1, -0.05) is 29.8 Å². The Balaban J connectivity index is 1.45. The van der Waals surface area contributed by atoms with E-state index < -0.39 is 44.3 Å². The van der Waals surface area contributed by atoms with E-state index in [0.29, 0.717) is 30.7 Å². The van der Waals surface area contributed by atoms with Crippen LogP contribution in [-0.2, 0) is 21.4 Å². The van der Waals surface area contributed by atoms with Crippen LogP contribution < -0.4 is 0 Å². The Morgan fingerprint density at radius 2 is 1.44 bits per heavy atom. The molecule has 192 valence electrons. The van der Waals surface area contributed by atoms with Crippen molar-refractivity contribution in [3.05, 3.63) is 100 Å². The molecule has 11 heteroatoms. The highest BCUT2D eigenvalue weighted by atomic mass is 35.5. The topological polar surface area (TPSA) is 49.9 Å². The fraction of sp³-hybridized carbons (Fsp3) is 0.280. The van der Waals surface area contributed by atoms with Crippen LogP contribution >= 0.6 is 11.6 Å². The van der Waals surface area contributed by atoms with Crippen molar-refractivity contribution in [2.45, 2.75) is 17.6 Å². The van der Waals surface area contributed by atoms with E-state index in [4.69, 9.17) is 16.3 Å². The highest BCUT2D eigenvalue weighted by Crippen LogP contribution is 2.26. The van der Waals surface area contributed by atoms with Crippen molar-refractivity contribution in [3.8, 4) is 0 Å². The van der Waals surface area contributed by atoms with Gasteiger partial charge >= 0.3 is 0 Å². The van der Waals surface area contributed by atoms with E-state index in [-0.39, 0.29) is 25.3 Å². The Morgan fingerprint density at radius 1 is 0.861 bits per heavy atom. The number of hydrogen-bond acceptors (Lipinski definition) is 4. The van der Waals surface area contributed by atoms with E-state index in [9.17, 15) is 26.0 Å². The zero-order valence-corrected chi connectivity index (χ0v) is 20.6. The minimum absolute atomic E-state index is 0.0930. The SMILES string of the molecule is O=S(=O)(c1cc(F)cc(F)c1)N1CCN(C[C@@H](OCc2c(F)cccc2F)c2ccc(Cl)cc2)CC1. The molecule has 0 N–H and O–H groups in total. The molecule has 1 aliphatic rings. The Hall–Kier alpha value is -2.50. The summed E-state index contributed by atoms with van der Waals surface area (Å²) in [4.78, 5) is 1.51. The van der Waals surface area contributed by atoms with Gasteiger partial charge in [-0.25, -0.2) is 26.0 Å². The van der Waals surface area contributed by atoms with Crippen molar-refractivity contribution >= 4 is 21.6 Å². The molecule has 3 aromatic rings. The molecule has 1 fully saturated rings. The van der Waals surface area contributed by atoms with Crippen LogP contribution in [0.1, 0.15) is 17.2 Å². The van der Waals surface area contributed by atoms with E-state index >= 15 is 0 Å². The molecule has 1 atom stereocenters. The summed E-state index contributed by atoms with van der Waals surface area (Å²) in [6.07, 6.45) is -0.582. The van der Waals surface area contributed by atoms with E-state index in [1.807, 2.05) is 4.90 Å². The standard InChI is InChI=1S/C25H23ClF4N2O3S/c26-18-6-4-17(5-7-18)25(35-16-22-23(29)2-1-3-24(22)30)15-31-8-10-32(11-9-31)36(33,34)21-13-19(27)12-20(28)14-21/h1-7,12-14,25H,8-11,15-16H2/t25-/m1/s1. The Bertz CT molecular complexity index is 1280. The van der Waals surface area contributed by atoms with Gasteiger partial charge in [-0.05, 0) is 42.0 Å². The number of rotatable bonds is 8. The highest BCUT2D eigenvalue weighted by molar-refractivity contribution is 7.89. The third kappa shape index (κ3) is 6.24. The summed E-state index contributed by atoms with van der Waals surface area (Å²) in [6.45, 7) is 0.841. The maximum atomic E-state index is 14.1. The van der Waals surface area contributed by atoms with Gasteiger partial charge in [-0.3, -0.25) is 4.90 Å². The molecule has 1 heterocycles. The first-order chi connectivity index (χ1) is 17.1. The minimum Gasteiger partial charge on any atom is -0.367 e. The van der Waals surface area contributed by atoms with E-state index in [1.165, 1.54) is 10.4 Å². The second kappa shape index (κ2) is 11.3. The maximum Gasteiger partial charge on any atom is 0.243 e. The second-order valence-corrected chi connectivity index (χ2v) is 10.7. The van der Waals surface area contributed by atoms with E-state index in [2.05, 4.69) is 0 Å². The van der Waals surface area contributed by atoms with Gasteiger partial charge in [0.05, 0.1) is 17.6 Å². The van der Waals surface area contributed by atoms with Gasteiger partial charge in [-0.15, -0.1) is 0 Å². The van der Waals surface area contributed by atoms with Gasteiger partial charge in [0.25, 0.3) is 0 Å². The van der Waals surface area contributed by atoms with E-state index in [0.717, 1.165) is 29.8 Å². The second-order valence-electron chi connectivity index (χ2n) is 8.36. The van der Waals surface area contributed by atoms with Crippen LogP contribution in [-0.4, -0.2) is 50.3 Å². The normalized spacial score (nSPS) is 16.2. The van der Waals surface area contributed by atoms with Crippen LogP contribution in [0.25, 0.3) is 0 Å². The molecule has 0 unspecified atom stereocenters. The smallest absolute Gasteiger partial charge is 0.243 e. The molecular weight excluding hydrogens is 520 g/mol. The molecule has 0 saturated carbocycles. The minimum atomic E-state index is -4.07. The molecule has 0 amide bonds. The number of halogens is 5. The van der Waals surface area contributed by atoms with Crippen LogP contribution in [0.2, 0.25) is 5.02 Å². The van der Waals surface area contributed by atoms with Crippen molar-refractivity contribution in [1.82, 2.24) is 9.21 Å². The van der Waals surface area contributed by atoms with Crippen LogP contribution in [0, 0.1) is 23.3 Å². The number of piperazine rings is 1. The quantitative estimate of drug-likeness (QED) is 0.369. The van der Waals surface area contributed by atoms with E-state index in [1.54, 1.807) is 24.3 Å². The average Bonchev–Trinajstić information content (AvgIpc) is 2.83. The Labute approximate surface area is 211 Å².